The molecular formula is C12H15F3N2O2. The monoisotopic (exact) mass is 276 g/mol. The Labute approximate surface area is 108 Å². The van der Waals surface area contributed by atoms with Gasteiger partial charge in [-0.1, -0.05) is 0 Å². The summed E-state index contributed by atoms with van der Waals surface area (Å²) in [5, 5.41) is 0. The molecule has 0 N–H and O–H groups in total. The normalized spacial score (nSPS) is 18.7. The fourth-order valence-corrected chi connectivity index (χ4v) is 2.08. The molecule has 1 fully saturated rings. The summed E-state index contributed by atoms with van der Waals surface area (Å²) in [6.07, 6.45) is -2.74. The topological polar surface area (TPSA) is 36.7 Å². The van der Waals surface area contributed by atoms with Crippen LogP contribution in [-0.4, -0.2) is 61.0 Å². The van der Waals surface area contributed by atoms with Crippen molar-refractivity contribution in [3.8, 4) is 0 Å². The molecule has 2 rings (SSSR count). The van der Waals surface area contributed by atoms with Crippen LogP contribution in [0.25, 0.3) is 0 Å². The van der Waals surface area contributed by atoms with E-state index >= 15 is 0 Å². The van der Waals surface area contributed by atoms with Crippen LogP contribution in [0.5, 0.6) is 0 Å². The van der Waals surface area contributed by atoms with Gasteiger partial charge in [0, 0.05) is 26.2 Å². The summed E-state index contributed by atoms with van der Waals surface area (Å²) in [6, 6.07) is 3.22. The first-order chi connectivity index (χ1) is 8.94. The Morgan fingerprint density at radius 2 is 1.84 bits per heavy atom. The molecule has 4 nitrogen and oxygen atoms in total. The minimum atomic E-state index is -4.16. The van der Waals surface area contributed by atoms with E-state index in [-0.39, 0.29) is 18.1 Å². The van der Waals surface area contributed by atoms with Gasteiger partial charge in [-0.25, -0.2) is 0 Å². The molecule has 0 radical (unpaired) electrons. The average Bonchev–Trinajstić information content (AvgIpc) is 2.83. The number of nitrogens with zero attached hydrogens (tertiary/aromatic N) is 2. The number of rotatable bonds is 4. The van der Waals surface area contributed by atoms with E-state index in [4.69, 9.17) is 4.42 Å². The summed E-state index contributed by atoms with van der Waals surface area (Å²) in [5.41, 5.74) is 0. The number of hydrogen-bond donors (Lipinski definition) is 0. The van der Waals surface area contributed by atoms with Crippen LogP contribution in [0.4, 0.5) is 13.2 Å². The lowest BCUT2D eigenvalue weighted by molar-refractivity contribution is -0.149. The van der Waals surface area contributed by atoms with Crippen molar-refractivity contribution in [2.45, 2.75) is 6.18 Å². The zero-order valence-electron chi connectivity index (χ0n) is 10.3. The Morgan fingerprint density at radius 3 is 2.37 bits per heavy atom. The SMILES string of the molecule is O=C(CN1CCN(CC(F)(F)F)CC1)c1ccco1. The maximum atomic E-state index is 12.2. The van der Waals surface area contributed by atoms with Gasteiger partial charge in [0.25, 0.3) is 0 Å². The van der Waals surface area contributed by atoms with Gasteiger partial charge in [-0.15, -0.1) is 0 Å². The predicted molar refractivity (Wildman–Crippen MR) is 62.0 cm³/mol. The van der Waals surface area contributed by atoms with E-state index in [0.717, 1.165) is 0 Å². The molecule has 1 aliphatic rings. The van der Waals surface area contributed by atoms with Crippen LogP contribution in [0.2, 0.25) is 0 Å². The molecule has 0 saturated carbocycles. The van der Waals surface area contributed by atoms with E-state index in [0.29, 0.717) is 26.2 Å². The lowest BCUT2D eigenvalue weighted by atomic mass is 10.2. The van der Waals surface area contributed by atoms with Gasteiger partial charge in [-0.2, -0.15) is 13.2 Å². The van der Waals surface area contributed by atoms with Crippen molar-refractivity contribution < 1.29 is 22.4 Å². The summed E-state index contributed by atoms with van der Waals surface area (Å²) in [4.78, 5) is 15.0. The minimum Gasteiger partial charge on any atom is -0.461 e. The second-order valence-corrected chi connectivity index (χ2v) is 4.57. The highest BCUT2D eigenvalue weighted by Crippen LogP contribution is 2.17. The smallest absolute Gasteiger partial charge is 0.401 e. The van der Waals surface area contributed by atoms with Gasteiger partial charge in [0.1, 0.15) is 0 Å². The number of hydrogen-bond acceptors (Lipinski definition) is 4. The molecule has 0 amide bonds. The van der Waals surface area contributed by atoms with Gasteiger partial charge < -0.3 is 4.42 Å². The Morgan fingerprint density at radius 1 is 1.21 bits per heavy atom. The molecule has 2 heterocycles. The second-order valence-electron chi connectivity index (χ2n) is 4.57. The number of carbonyl (C=O) groups excluding carboxylic acids is 1. The van der Waals surface area contributed by atoms with E-state index < -0.39 is 12.7 Å². The molecule has 1 aliphatic heterocycles. The first-order valence-electron chi connectivity index (χ1n) is 6.02. The van der Waals surface area contributed by atoms with Crippen LogP contribution in [0.1, 0.15) is 10.6 Å². The maximum Gasteiger partial charge on any atom is 0.401 e. The highest BCUT2D eigenvalue weighted by molar-refractivity contribution is 5.94. The number of carbonyl (C=O) groups is 1. The quantitative estimate of drug-likeness (QED) is 0.783. The molecule has 0 aliphatic carbocycles. The second kappa shape index (κ2) is 5.75. The van der Waals surface area contributed by atoms with E-state index in [1.807, 2.05) is 4.90 Å². The van der Waals surface area contributed by atoms with Crippen LogP contribution < -0.4 is 0 Å². The van der Waals surface area contributed by atoms with Gasteiger partial charge >= 0.3 is 6.18 Å². The van der Waals surface area contributed by atoms with Gasteiger partial charge in [0.15, 0.2) is 5.76 Å². The van der Waals surface area contributed by atoms with Crippen LogP contribution in [0, 0.1) is 0 Å². The summed E-state index contributed by atoms with van der Waals surface area (Å²) in [7, 11) is 0. The zero-order chi connectivity index (χ0) is 13.9. The number of piperazine rings is 1. The fraction of sp³-hybridized carbons (Fsp3) is 0.583. The third-order valence-corrected chi connectivity index (χ3v) is 3.03. The molecule has 0 bridgehead atoms. The van der Waals surface area contributed by atoms with Crippen LogP contribution in [0.15, 0.2) is 22.8 Å². The Balaban J connectivity index is 1.76. The van der Waals surface area contributed by atoms with Crippen molar-refractivity contribution in [1.82, 2.24) is 9.80 Å². The highest BCUT2D eigenvalue weighted by Gasteiger charge is 2.32. The average molecular weight is 276 g/mol. The third kappa shape index (κ3) is 4.36. The number of furan rings is 1. The van der Waals surface area contributed by atoms with Gasteiger partial charge in [-0.3, -0.25) is 14.6 Å². The molecule has 0 aromatic carbocycles. The van der Waals surface area contributed by atoms with Crippen LogP contribution in [0.3, 0.4) is 0 Å². The molecule has 0 atom stereocenters. The Hall–Kier alpha value is -1.34. The van der Waals surface area contributed by atoms with Crippen LogP contribution in [-0.2, 0) is 0 Å². The van der Waals surface area contributed by atoms with Crippen molar-refractivity contribution in [2.75, 3.05) is 39.3 Å². The lowest BCUT2D eigenvalue weighted by Gasteiger charge is -2.34. The van der Waals surface area contributed by atoms with E-state index in [9.17, 15) is 18.0 Å². The first kappa shape index (κ1) is 14.1. The van der Waals surface area contributed by atoms with E-state index in [1.165, 1.54) is 11.2 Å². The number of ketones is 1. The van der Waals surface area contributed by atoms with E-state index in [2.05, 4.69) is 0 Å². The van der Waals surface area contributed by atoms with Gasteiger partial charge in [-0.05, 0) is 12.1 Å². The van der Waals surface area contributed by atoms with Crippen molar-refractivity contribution in [3.05, 3.63) is 24.2 Å². The van der Waals surface area contributed by atoms with Gasteiger partial charge in [0.2, 0.25) is 5.78 Å². The predicted octanol–water partition coefficient (Wildman–Crippen LogP) is 1.64. The number of halogens is 3. The van der Waals surface area contributed by atoms with E-state index in [1.54, 1.807) is 12.1 Å². The molecule has 0 unspecified atom stereocenters. The molecule has 7 heteroatoms. The summed E-state index contributed by atoms with van der Waals surface area (Å²) < 4.78 is 41.6. The third-order valence-electron chi connectivity index (χ3n) is 3.03. The molecule has 1 aromatic rings. The van der Waals surface area contributed by atoms with Crippen molar-refractivity contribution in [3.63, 3.8) is 0 Å². The molecule has 1 aromatic heterocycles. The summed E-state index contributed by atoms with van der Waals surface area (Å²) >= 11 is 0. The zero-order valence-corrected chi connectivity index (χ0v) is 10.3. The molecular weight excluding hydrogens is 261 g/mol. The van der Waals surface area contributed by atoms with Gasteiger partial charge in [0.05, 0.1) is 19.4 Å². The highest BCUT2D eigenvalue weighted by atomic mass is 19.4. The largest absolute Gasteiger partial charge is 0.461 e. The minimum absolute atomic E-state index is 0.144. The fourth-order valence-electron chi connectivity index (χ4n) is 2.08. The lowest BCUT2D eigenvalue weighted by Crippen LogP contribution is -2.50. The summed E-state index contributed by atoms with van der Waals surface area (Å²) in [5.74, 6) is 0.145. The Kier molecular flexibility index (Phi) is 4.26. The van der Waals surface area contributed by atoms with Crippen molar-refractivity contribution in [2.24, 2.45) is 0 Å². The molecule has 1 saturated heterocycles. The molecule has 19 heavy (non-hydrogen) atoms. The van der Waals surface area contributed by atoms with Crippen molar-refractivity contribution >= 4 is 5.78 Å². The van der Waals surface area contributed by atoms with Crippen molar-refractivity contribution in [1.29, 1.82) is 0 Å². The maximum absolute atomic E-state index is 12.2. The first-order valence-corrected chi connectivity index (χ1v) is 6.02. The summed E-state index contributed by atoms with van der Waals surface area (Å²) in [6.45, 7) is 0.876. The molecule has 106 valence electrons. The number of Topliss-reactive ketones (excluding diaryl/α,β-unsaturated/α-hetero) is 1. The Bertz CT molecular complexity index is 409. The van der Waals surface area contributed by atoms with Crippen LogP contribution >= 0.6 is 0 Å². The standard InChI is InChI=1S/C12H15F3N2O2/c13-12(14,15)9-17-5-3-16(4-6-17)8-10(18)11-2-1-7-19-11/h1-2,7H,3-6,8-9H2. The molecule has 0 spiro atoms. The number of alkyl halides is 3.